The number of pyridine rings is 1. The third kappa shape index (κ3) is 9.52. The van der Waals surface area contributed by atoms with Crippen molar-refractivity contribution < 1.29 is 42.1 Å². The molecule has 1 aromatic heterocycles. The quantitative estimate of drug-likeness (QED) is 0.116. The predicted octanol–water partition coefficient (Wildman–Crippen LogP) is 9.16. The first kappa shape index (κ1) is 39.1. The molecule has 14 heteroatoms. The number of amides is 1. The second-order valence-corrected chi connectivity index (χ2v) is 14.3. The van der Waals surface area contributed by atoms with Gasteiger partial charge >= 0.3 is 18.7 Å². The van der Waals surface area contributed by atoms with Crippen LogP contribution in [-0.2, 0) is 22.4 Å². The Labute approximate surface area is 322 Å². The van der Waals surface area contributed by atoms with E-state index in [2.05, 4.69) is 14.6 Å². The molecule has 3 saturated heterocycles. The highest BCUT2D eigenvalue weighted by atomic mass is 35.5. The second kappa shape index (κ2) is 17.7. The van der Waals surface area contributed by atoms with Crippen molar-refractivity contribution in [2.24, 2.45) is 5.92 Å². The van der Waals surface area contributed by atoms with Gasteiger partial charge in [0.2, 0.25) is 0 Å². The zero-order chi connectivity index (χ0) is 38.4. The number of hydrogen-bond acceptors (Lipinski definition) is 9. The molecule has 3 aliphatic heterocycles. The highest BCUT2D eigenvalue weighted by molar-refractivity contribution is 6.35. The molecule has 286 valence electrons. The summed E-state index contributed by atoms with van der Waals surface area (Å²) in [6.07, 6.45) is 2.86. The largest absolute Gasteiger partial charge is 0.495 e. The standard InChI is InChI=1S/C40H41Cl2F2N3O7/c1-24(2)51-36-18-28(12-13-34(36)53-39(43)44)35(19-29-30(41)20-45-21-31(29)42)52-38(48)27-10-8-25(9-11-27)22-47(32-6-4-5-7-33(32)50-3)40(49)54-37-23-46-16-14-26(37)15-17-46/h4-13,18,20-21,24,26,35,37,39H,14-17,19,22-23H2,1-3H3/t35-,37-/m0/s1. The SMILES string of the molecule is COc1ccccc1N(Cc1ccc(C(=O)O[C@@H](Cc2c(Cl)cncc2Cl)c2ccc(OC(F)F)c(OC(C)C)c2)cc1)C(=O)O[C@H]1CN2CCC1CC2. The van der Waals surface area contributed by atoms with Gasteiger partial charge in [0.1, 0.15) is 18.0 Å². The lowest BCUT2D eigenvalue weighted by Crippen LogP contribution is -2.53. The number of para-hydroxylation sites is 2. The van der Waals surface area contributed by atoms with Crippen LogP contribution in [0.1, 0.15) is 59.8 Å². The number of aromatic nitrogens is 1. The number of methoxy groups -OCH3 is 1. The molecular weight excluding hydrogens is 743 g/mol. The van der Waals surface area contributed by atoms with Gasteiger partial charge in [-0.2, -0.15) is 8.78 Å². The number of fused-ring (bicyclic) bond motifs is 3. The number of rotatable bonds is 14. The molecule has 3 fully saturated rings. The third-order valence-corrected chi connectivity index (χ3v) is 10.1. The van der Waals surface area contributed by atoms with E-state index >= 15 is 0 Å². The molecule has 0 spiro atoms. The Kier molecular flexibility index (Phi) is 12.8. The van der Waals surface area contributed by atoms with Gasteiger partial charge in [-0.05, 0) is 98.8 Å². The summed E-state index contributed by atoms with van der Waals surface area (Å²) in [5.74, 6) is 0.0521. The molecule has 7 rings (SSSR count). The van der Waals surface area contributed by atoms with E-state index in [0.717, 1.165) is 31.5 Å². The van der Waals surface area contributed by atoms with Gasteiger partial charge in [-0.3, -0.25) is 14.8 Å². The summed E-state index contributed by atoms with van der Waals surface area (Å²) in [4.78, 5) is 35.4. The van der Waals surface area contributed by atoms with Crippen LogP contribution < -0.4 is 19.1 Å². The van der Waals surface area contributed by atoms with Crippen molar-refractivity contribution >= 4 is 41.0 Å². The van der Waals surface area contributed by atoms with Crippen molar-refractivity contribution in [3.63, 3.8) is 0 Å². The fraction of sp³-hybridized carbons (Fsp3) is 0.375. The van der Waals surface area contributed by atoms with Crippen LogP contribution in [0.15, 0.2) is 79.1 Å². The molecule has 3 aromatic carbocycles. The van der Waals surface area contributed by atoms with Crippen LogP contribution in [-0.4, -0.2) is 67.5 Å². The van der Waals surface area contributed by atoms with Crippen molar-refractivity contribution in [2.45, 2.75) is 64.6 Å². The van der Waals surface area contributed by atoms with Crippen molar-refractivity contribution in [3.05, 3.63) is 111 Å². The summed E-state index contributed by atoms with van der Waals surface area (Å²) in [5, 5.41) is 0.520. The Morgan fingerprint density at radius 2 is 1.63 bits per heavy atom. The van der Waals surface area contributed by atoms with Crippen LogP contribution in [0.25, 0.3) is 0 Å². The summed E-state index contributed by atoms with van der Waals surface area (Å²) < 4.78 is 54.6. The fourth-order valence-electron chi connectivity index (χ4n) is 6.77. The third-order valence-electron chi connectivity index (χ3n) is 9.48. The number of halogens is 4. The first-order chi connectivity index (χ1) is 26.0. The van der Waals surface area contributed by atoms with Gasteiger partial charge in [-0.1, -0.05) is 53.5 Å². The summed E-state index contributed by atoms with van der Waals surface area (Å²) in [6, 6.07) is 18.2. The fourth-order valence-corrected chi connectivity index (χ4v) is 7.29. The Morgan fingerprint density at radius 3 is 2.26 bits per heavy atom. The van der Waals surface area contributed by atoms with Crippen LogP contribution in [0.3, 0.4) is 0 Å². The lowest BCUT2D eigenvalue weighted by atomic mass is 9.86. The van der Waals surface area contributed by atoms with Crippen LogP contribution in [0.5, 0.6) is 17.2 Å². The monoisotopic (exact) mass is 783 g/mol. The highest BCUT2D eigenvalue weighted by Gasteiger charge is 2.38. The van der Waals surface area contributed by atoms with E-state index in [1.807, 2.05) is 12.1 Å². The topological polar surface area (TPSA) is 99.7 Å². The van der Waals surface area contributed by atoms with E-state index in [4.69, 9.17) is 42.1 Å². The highest BCUT2D eigenvalue weighted by Crippen LogP contribution is 2.38. The predicted molar refractivity (Wildman–Crippen MR) is 200 cm³/mol. The summed E-state index contributed by atoms with van der Waals surface area (Å²) in [6.45, 7) is 3.31. The number of piperidine rings is 3. The van der Waals surface area contributed by atoms with Crippen LogP contribution in [0.4, 0.5) is 19.3 Å². The van der Waals surface area contributed by atoms with E-state index in [1.54, 1.807) is 62.3 Å². The van der Waals surface area contributed by atoms with E-state index in [9.17, 15) is 18.4 Å². The number of alkyl halides is 2. The average molecular weight is 785 g/mol. The summed E-state index contributed by atoms with van der Waals surface area (Å²) in [5.41, 5.74) is 2.40. The van der Waals surface area contributed by atoms with Gasteiger partial charge in [0.05, 0.1) is 41.1 Å². The number of hydrogen-bond donors (Lipinski definition) is 0. The first-order valence-corrected chi connectivity index (χ1v) is 18.4. The van der Waals surface area contributed by atoms with Crippen molar-refractivity contribution in [1.29, 1.82) is 0 Å². The normalized spacial score (nSPS) is 18.3. The number of ether oxygens (including phenoxy) is 5. The molecule has 0 saturated carbocycles. The maximum atomic E-state index is 13.8. The minimum atomic E-state index is -3.07. The Hall–Kier alpha value is -4.65. The van der Waals surface area contributed by atoms with Gasteiger partial charge in [0.25, 0.3) is 0 Å². The molecule has 0 unspecified atom stereocenters. The first-order valence-electron chi connectivity index (χ1n) is 17.7. The van der Waals surface area contributed by atoms with E-state index in [1.165, 1.54) is 30.6 Å². The Bertz CT molecular complexity index is 1910. The lowest BCUT2D eigenvalue weighted by molar-refractivity contribution is -0.0519. The molecule has 4 aromatic rings. The molecule has 54 heavy (non-hydrogen) atoms. The molecule has 1 amide bonds. The minimum absolute atomic E-state index is 0.0375. The average Bonchev–Trinajstić information content (AvgIpc) is 3.16. The van der Waals surface area contributed by atoms with Crippen molar-refractivity contribution in [2.75, 3.05) is 31.6 Å². The number of anilines is 1. The maximum Gasteiger partial charge on any atom is 0.415 e. The van der Waals surface area contributed by atoms with Gasteiger partial charge in [0.15, 0.2) is 11.5 Å². The molecule has 3 aliphatic rings. The lowest BCUT2D eigenvalue weighted by Gasteiger charge is -2.44. The maximum absolute atomic E-state index is 13.8. The number of esters is 1. The van der Waals surface area contributed by atoms with Crippen LogP contribution in [0, 0.1) is 5.92 Å². The summed E-state index contributed by atoms with van der Waals surface area (Å²) in [7, 11) is 1.55. The molecule has 0 aliphatic carbocycles. The Morgan fingerprint density at radius 1 is 0.926 bits per heavy atom. The van der Waals surface area contributed by atoms with Gasteiger partial charge < -0.3 is 23.7 Å². The number of benzene rings is 3. The summed E-state index contributed by atoms with van der Waals surface area (Å²) >= 11 is 12.9. The number of carbonyl (C=O) groups is 2. The molecule has 10 nitrogen and oxygen atoms in total. The molecule has 2 bridgehead atoms. The molecular formula is C40H41Cl2F2N3O7. The van der Waals surface area contributed by atoms with Crippen LogP contribution in [0.2, 0.25) is 10.0 Å². The minimum Gasteiger partial charge on any atom is -0.495 e. The molecule has 2 atom stereocenters. The van der Waals surface area contributed by atoms with E-state index in [-0.39, 0.29) is 52.3 Å². The number of nitrogens with zero attached hydrogens (tertiary/aromatic N) is 3. The Balaban J connectivity index is 1.24. The van der Waals surface area contributed by atoms with E-state index < -0.39 is 24.8 Å². The van der Waals surface area contributed by atoms with Crippen LogP contribution >= 0.6 is 23.2 Å². The zero-order valence-electron chi connectivity index (χ0n) is 30.1. The molecule has 4 heterocycles. The molecule has 0 N–H and O–H groups in total. The zero-order valence-corrected chi connectivity index (χ0v) is 31.6. The van der Waals surface area contributed by atoms with Crippen molar-refractivity contribution in [3.8, 4) is 17.2 Å². The van der Waals surface area contributed by atoms with Crippen molar-refractivity contribution in [1.82, 2.24) is 9.88 Å². The van der Waals surface area contributed by atoms with Gasteiger partial charge in [-0.25, -0.2) is 9.59 Å². The smallest absolute Gasteiger partial charge is 0.415 e. The van der Waals surface area contributed by atoms with Gasteiger partial charge in [-0.15, -0.1) is 0 Å². The second-order valence-electron chi connectivity index (χ2n) is 13.4. The number of carbonyl (C=O) groups excluding carboxylic acids is 2. The molecule has 0 radical (unpaired) electrons. The van der Waals surface area contributed by atoms with Gasteiger partial charge in [0, 0.05) is 25.4 Å². The van der Waals surface area contributed by atoms with E-state index in [0.29, 0.717) is 35.0 Å².